The molecule has 0 unspecified atom stereocenters. The number of carboxylic acid groups (broad SMARTS) is 1. The van der Waals surface area contributed by atoms with E-state index in [0.717, 1.165) is 36.1 Å². The SMILES string of the molecule is Cn1c(CCNC(=O)NC2CCCC2)nc2ccccc21.O=CO. The maximum absolute atomic E-state index is 11.8. The lowest BCUT2D eigenvalue weighted by Gasteiger charge is -2.12. The zero-order chi connectivity index (χ0) is 17.4. The molecule has 0 spiro atoms. The minimum Gasteiger partial charge on any atom is -0.483 e. The van der Waals surface area contributed by atoms with Gasteiger partial charge in [0.05, 0.1) is 11.0 Å². The number of hydrogen-bond acceptors (Lipinski definition) is 3. The topological polar surface area (TPSA) is 96.3 Å². The number of nitrogens with one attached hydrogen (secondary N) is 2. The smallest absolute Gasteiger partial charge is 0.315 e. The lowest BCUT2D eigenvalue weighted by Crippen LogP contribution is -2.41. The van der Waals surface area contributed by atoms with Crippen molar-refractivity contribution in [3.05, 3.63) is 30.1 Å². The predicted octanol–water partition coefficient (Wildman–Crippen LogP) is 2.06. The fourth-order valence-corrected chi connectivity index (χ4v) is 3.01. The standard InChI is InChI=1S/C16H22N4O.CH2O2/c1-20-14-9-5-4-8-13(14)19-15(20)10-11-17-16(21)18-12-6-2-3-7-12;2-1-3/h4-5,8-9,12H,2-3,6-7,10-11H2,1H3,(H2,17,18,21);1H,(H,2,3). The average molecular weight is 332 g/mol. The Hall–Kier alpha value is -2.57. The van der Waals surface area contributed by atoms with Crippen molar-refractivity contribution in [1.82, 2.24) is 20.2 Å². The van der Waals surface area contributed by atoms with Crippen molar-refractivity contribution >= 4 is 23.5 Å². The molecule has 1 fully saturated rings. The summed E-state index contributed by atoms with van der Waals surface area (Å²) in [5.74, 6) is 0.998. The Labute approximate surface area is 141 Å². The highest BCUT2D eigenvalue weighted by Gasteiger charge is 2.16. The summed E-state index contributed by atoms with van der Waals surface area (Å²) >= 11 is 0. The first-order chi connectivity index (χ1) is 11.7. The molecular formula is C17H24N4O3. The van der Waals surface area contributed by atoms with E-state index in [1.807, 2.05) is 25.2 Å². The molecular weight excluding hydrogens is 308 g/mol. The molecule has 1 saturated carbocycles. The van der Waals surface area contributed by atoms with E-state index in [2.05, 4.69) is 26.3 Å². The van der Waals surface area contributed by atoms with Gasteiger partial charge in [-0.3, -0.25) is 4.79 Å². The molecule has 24 heavy (non-hydrogen) atoms. The van der Waals surface area contributed by atoms with Gasteiger partial charge >= 0.3 is 6.03 Å². The lowest BCUT2D eigenvalue weighted by molar-refractivity contribution is -0.122. The van der Waals surface area contributed by atoms with Gasteiger partial charge in [-0.15, -0.1) is 0 Å². The van der Waals surface area contributed by atoms with Crippen molar-refractivity contribution in [3.63, 3.8) is 0 Å². The van der Waals surface area contributed by atoms with Gasteiger partial charge in [0.25, 0.3) is 6.47 Å². The third kappa shape index (κ3) is 4.71. The number of rotatable bonds is 4. The number of carbonyl (C=O) groups is 2. The second-order valence-corrected chi connectivity index (χ2v) is 5.81. The predicted molar refractivity (Wildman–Crippen MR) is 91.9 cm³/mol. The Morgan fingerprint density at radius 3 is 2.71 bits per heavy atom. The van der Waals surface area contributed by atoms with Gasteiger partial charge in [0.1, 0.15) is 5.82 Å². The van der Waals surface area contributed by atoms with Gasteiger partial charge in [-0.25, -0.2) is 9.78 Å². The van der Waals surface area contributed by atoms with Crippen molar-refractivity contribution < 1.29 is 14.7 Å². The quantitative estimate of drug-likeness (QED) is 0.747. The van der Waals surface area contributed by atoms with Crippen LogP contribution in [-0.4, -0.2) is 39.7 Å². The number of benzene rings is 1. The average Bonchev–Trinajstić information content (AvgIpc) is 3.17. The molecule has 0 bridgehead atoms. The van der Waals surface area contributed by atoms with Crippen LogP contribution in [0.5, 0.6) is 0 Å². The van der Waals surface area contributed by atoms with Crippen molar-refractivity contribution in [1.29, 1.82) is 0 Å². The minimum atomic E-state index is -0.250. The summed E-state index contributed by atoms with van der Waals surface area (Å²) in [6.07, 6.45) is 5.41. The first-order valence-electron chi connectivity index (χ1n) is 8.18. The lowest BCUT2D eigenvalue weighted by atomic mass is 10.2. The number of hydrogen-bond donors (Lipinski definition) is 3. The number of fused-ring (bicyclic) bond motifs is 1. The molecule has 1 aromatic heterocycles. The van der Waals surface area contributed by atoms with E-state index in [0.29, 0.717) is 12.6 Å². The summed E-state index contributed by atoms with van der Waals surface area (Å²) in [6, 6.07) is 8.39. The van der Waals surface area contributed by atoms with Crippen molar-refractivity contribution in [2.45, 2.75) is 38.1 Å². The van der Waals surface area contributed by atoms with Crippen LogP contribution in [0.25, 0.3) is 11.0 Å². The van der Waals surface area contributed by atoms with E-state index >= 15 is 0 Å². The number of imidazole rings is 1. The molecule has 0 radical (unpaired) electrons. The van der Waals surface area contributed by atoms with E-state index in [4.69, 9.17) is 9.90 Å². The zero-order valence-corrected chi connectivity index (χ0v) is 13.9. The fraction of sp³-hybridized carbons (Fsp3) is 0.471. The van der Waals surface area contributed by atoms with E-state index in [1.54, 1.807) is 0 Å². The van der Waals surface area contributed by atoms with Gasteiger partial charge in [-0.1, -0.05) is 25.0 Å². The molecule has 0 atom stereocenters. The molecule has 7 nitrogen and oxygen atoms in total. The van der Waals surface area contributed by atoms with Crippen LogP contribution in [0.2, 0.25) is 0 Å². The van der Waals surface area contributed by atoms with Crippen LogP contribution in [0.4, 0.5) is 4.79 Å². The molecule has 3 N–H and O–H groups in total. The van der Waals surface area contributed by atoms with Crippen LogP contribution in [0, 0.1) is 0 Å². The van der Waals surface area contributed by atoms with Gasteiger partial charge in [0, 0.05) is 26.1 Å². The number of carbonyl (C=O) groups excluding carboxylic acids is 1. The van der Waals surface area contributed by atoms with Crippen molar-refractivity contribution in [3.8, 4) is 0 Å². The van der Waals surface area contributed by atoms with Crippen molar-refractivity contribution in [2.75, 3.05) is 6.54 Å². The Balaban J connectivity index is 0.000000647. The van der Waals surface area contributed by atoms with Crippen LogP contribution < -0.4 is 10.6 Å². The van der Waals surface area contributed by atoms with E-state index < -0.39 is 0 Å². The third-order valence-corrected chi connectivity index (χ3v) is 4.20. The molecule has 0 aliphatic heterocycles. The summed E-state index contributed by atoms with van der Waals surface area (Å²) in [5.41, 5.74) is 2.13. The number of aromatic nitrogens is 2. The molecule has 1 aliphatic rings. The second-order valence-electron chi connectivity index (χ2n) is 5.81. The molecule has 130 valence electrons. The molecule has 3 rings (SSSR count). The molecule has 7 heteroatoms. The van der Waals surface area contributed by atoms with Gasteiger partial charge in [-0.2, -0.15) is 0 Å². The Kier molecular flexibility index (Phi) is 6.60. The zero-order valence-electron chi connectivity index (χ0n) is 13.9. The molecule has 2 amide bonds. The minimum absolute atomic E-state index is 0.0549. The van der Waals surface area contributed by atoms with Crippen LogP contribution in [0.1, 0.15) is 31.5 Å². The van der Waals surface area contributed by atoms with Gasteiger partial charge in [-0.05, 0) is 25.0 Å². The number of nitrogens with zero attached hydrogens (tertiary/aromatic N) is 2. The Morgan fingerprint density at radius 2 is 2.04 bits per heavy atom. The number of amides is 2. The maximum atomic E-state index is 11.8. The highest BCUT2D eigenvalue weighted by atomic mass is 16.3. The van der Waals surface area contributed by atoms with Crippen LogP contribution >= 0.6 is 0 Å². The number of urea groups is 1. The molecule has 0 saturated heterocycles. The number of aryl methyl sites for hydroxylation is 1. The Morgan fingerprint density at radius 1 is 1.38 bits per heavy atom. The highest BCUT2D eigenvalue weighted by Crippen LogP contribution is 2.17. The fourth-order valence-electron chi connectivity index (χ4n) is 3.01. The summed E-state index contributed by atoms with van der Waals surface area (Å²) in [4.78, 5) is 24.8. The maximum Gasteiger partial charge on any atom is 0.315 e. The first-order valence-corrected chi connectivity index (χ1v) is 8.18. The third-order valence-electron chi connectivity index (χ3n) is 4.20. The van der Waals surface area contributed by atoms with Crippen LogP contribution in [0.3, 0.4) is 0 Å². The number of para-hydroxylation sites is 2. The van der Waals surface area contributed by atoms with Crippen molar-refractivity contribution in [2.24, 2.45) is 7.05 Å². The molecule has 1 heterocycles. The normalized spacial score (nSPS) is 14.0. The summed E-state index contributed by atoms with van der Waals surface area (Å²) in [6.45, 7) is 0.357. The van der Waals surface area contributed by atoms with Gasteiger partial charge in [0.15, 0.2) is 0 Å². The van der Waals surface area contributed by atoms with E-state index in [-0.39, 0.29) is 12.5 Å². The summed E-state index contributed by atoms with van der Waals surface area (Å²) < 4.78 is 2.09. The van der Waals surface area contributed by atoms with Gasteiger partial charge in [0.2, 0.25) is 0 Å². The molecule has 1 aliphatic carbocycles. The monoisotopic (exact) mass is 332 g/mol. The highest BCUT2D eigenvalue weighted by molar-refractivity contribution is 5.76. The Bertz CT molecular complexity index is 678. The van der Waals surface area contributed by atoms with Crippen LogP contribution in [0.15, 0.2) is 24.3 Å². The first kappa shape index (κ1) is 17.8. The van der Waals surface area contributed by atoms with E-state index in [1.165, 1.54) is 12.8 Å². The van der Waals surface area contributed by atoms with Crippen LogP contribution in [-0.2, 0) is 18.3 Å². The molecule has 1 aromatic carbocycles. The van der Waals surface area contributed by atoms with Gasteiger partial charge < -0.3 is 20.3 Å². The second kappa shape index (κ2) is 8.90. The summed E-state index contributed by atoms with van der Waals surface area (Å²) in [5, 5.41) is 12.8. The summed E-state index contributed by atoms with van der Waals surface area (Å²) in [7, 11) is 2.02. The largest absolute Gasteiger partial charge is 0.483 e. The van der Waals surface area contributed by atoms with E-state index in [9.17, 15) is 4.79 Å². The molecule has 2 aromatic rings.